The Labute approximate surface area is 156 Å². The Morgan fingerprint density at radius 2 is 1.96 bits per heavy atom. The lowest BCUT2D eigenvalue weighted by atomic mass is 10.1. The highest BCUT2D eigenvalue weighted by molar-refractivity contribution is 7.11. The number of nitriles is 1. The van der Waals surface area contributed by atoms with Crippen LogP contribution in [0.4, 0.5) is 0 Å². The van der Waals surface area contributed by atoms with Crippen LogP contribution in [0.2, 0.25) is 0 Å². The van der Waals surface area contributed by atoms with Crippen LogP contribution in [0.1, 0.15) is 58.0 Å². The zero-order valence-electron chi connectivity index (χ0n) is 15.1. The van der Waals surface area contributed by atoms with Crippen molar-refractivity contribution in [2.24, 2.45) is 4.99 Å². The molecule has 26 heavy (non-hydrogen) atoms. The highest BCUT2D eigenvalue weighted by Gasteiger charge is 2.18. The minimum atomic E-state index is -0.406. The number of rotatable bonds is 6. The highest BCUT2D eigenvalue weighted by Crippen LogP contribution is 2.15. The number of unbranched alkanes of at least 4 members (excludes halogenated alkanes) is 1. The number of hydrogen-bond acceptors (Lipinski definition) is 5. The maximum Gasteiger partial charge on any atom is 0.350 e. The summed E-state index contributed by atoms with van der Waals surface area (Å²) in [5.74, 6) is -0.802. The van der Waals surface area contributed by atoms with E-state index in [1.807, 2.05) is 17.6 Å². The van der Waals surface area contributed by atoms with E-state index in [0.29, 0.717) is 34.0 Å². The number of thiazole rings is 1. The van der Waals surface area contributed by atoms with Gasteiger partial charge in [0.05, 0.1) is 18.2 Å². The molecule has 1 aromatic heterocycles. The maximum absolute atomic E-state index is 12.5. The fraction of sp³-hybridized carbons (Fsp3) is 0.368. The van der Waals surface area contributed by atoms with Crippen LogP contribution in [0.25, 0.3) is 0 Å². The maximum atomic E-state index is 12.5. The molecule has 0 atom stereocenters. The molecule has 1 heterocycles. The van der Waals surface area contributed by atoms with Crippen LogP contribution in [-0.2, 0) is 11.3 Å². The van der Waals surface area contributed by atoms with Gasteiger partial charge in [-0.05, 0) is 44.5 Å². The van der Waals surface area contributed by atoms with Gasteiger partial charge >= 0.3 is 5.97 Å². The predicted octanol–water partition coefficient (Wildman–Crippen LogP) is 3.45. The molecule has 2 aromatic rings. The molecule has 136 valence electrons. The number of carbonyl (C=O) groups excluding carboxylic acids is 2. The summed E-state index contributed by atoms with van der Waals surface area (Å²) in [5.41, 5.74) is 1.64. The quantitative estimate of drug-likeness (QED) is 0.728. The van der Waals surface area contributed by atoms with Gasteiger partial charge in [0, 0.05) is 17.8 Å². The van der Waals surface area contributed by atoms with E-state index in [1.54, 1.807) is 31.2 Å². The Kier molecular flexibility index (Phi) is 6.87. The van der Waals surface area contributed by atoms with Gasteiger partial charge < -0.3 is 9.30 Å². The third kappa shape index (κ3) is 4.46. The molecule has 0 saturated carbocycles. The number of aromatic nitrogens is 1. The van der Waals surface area contributed by atoms with Gasteiger partial charge in [-0.2, -0.15) is 10.3 Å². The molecule has 0 aliphatic heterocycles. The van der Waals surface area contributed by atoms with Crippen molar-refractivity contribution < 1.29 is 14.3 Å². The minimum Gasteiger partial charge on any atom is -0.462 e. The van der Waals surface area contributed by atoms with Gasteiger partial charge in [0.15, 0.2) is 4.80 Å². The molecule has 0 bridgehead atoms. The average molecular weight is 371 g/mol. The molecule has 7 heteroatoms. The minimum absolute atomic E-state index is 0.293. The Morgan fingerprint density at radius 1 is 1.27 bits per heavy atom. The lowest BCUT2D eigenvalue weighted by molar-refractivity contribution is 0.0530. The molecule has 6 nitrogen and oxygen atoms in total. The molecule has 2 rings (SSSR count). The number of benzene rings is 1. The first-order valence-corrected chi connectivity index (χ1v) is 9.30. The van der Waals surface area contributed by atoms with Gasteiger partial charge in [0.1, 0.15) is 4.88 Å². The molecule has 0 aliphatic rings. The summed E-state index contributed by atoms with van der Waals surface area (Å²) in [7, 11) is 0. The van der Waals surface area contributed by atoms with Crippen molar-refractivity contribution in [2.75, 3.05) is 6.61 Å². The summed E-state index contributed by atoms with van der Waals surface area (Å²) in [6.07, 6.45) is 1.90. The number of esters is 1. The van der Waals surface area contributed by atoms with Crippen molar-refractivity contribution in [3.05, 3.63) is 50.8 Å². The molecule has 0 N–H and O–H groups in total. The summed E-state index contributed by atoms with van der Waals surface area (Å²) < 4.78 is 6.99. The van der Waals surface area contributed by atoms with Crippen LogP contribution in [0.15, 0.2) is 29.3 Å². The molecule has 0 spiro atoms. The van der Waals surface area contributed by atoms with Crippen molar-refractivity contribution in [1.29, 1.82) is 5.26 Å². The first-order chi connectivity index (χ1) is 12.5. The second kappa shape index (κ2) is 9.11. The monoisotopic (exact) mass is 371 g/mol. The third-order valence-electron chi connectivity index (χ3n) is 3.81. The third-order valence-corrected chi connectivity index (χ3v) is 4.97. The van der Waals surface area contributed by atoms with Crippen molar-refractivity contribution >= 4 is 23.2 Å². The van der Waals surface area contributed by atoms with Crippen molar-refractivity contribution in [3.63, 3.8) is 0 Å². The molecule has 0 fully saturated rings. The second-order valence-electron chi connectivity index (χ2n) is 5.63. The van der Waals surface area contributed by atoms with E-state index in [1.165, 1.54) is 0 Å². The predicted molar refractivity (Wildman–Crippen MR) is 99.0 cm³/mol. The van der Waals surface area contributed by atoms with Crippen molar-refractivity contribution in [1.82, 2.24) is 4.57 Å². The molecule has 0 aliphatic carbocycles. The molecular formula is C19H21N3O3S. The van der Waals surface area contributed by atoms with E-state index in [9.17, 15) is 9.59 Å². The van der Waals surface area contributed by atoms with E-state index < -0.39 is 11.9 Å². The van der Waals surface area contributed by atoms with Crippen LogP contribution in [0.5, 0.6) is 0 Å². The lowest BCUT2D eigenvalue weighted by Crippen LogP contribution is -2.18. The number of amides is 1. The topological polar surface area (TPSA) is 84.5 Å². The lowest BCUT2D eigenvalue weighted by Gasteiger charge is -2.05. The molecule has 0 radical (unpaired) electrons. The SMILES string of the molecule is CCCCn1c(C)c(C(=O)OCC)sc1=NC(=O)c1ccc(C#N)cc1. The van der Waals surface area contributed by atoms with E-state index >= 15 is 0 Å². The van der Waals surface area contributed by atoms with E-state index in [2.05, 4.69) is 11.9 Å². The molecule has 0 saturated heterocycles. The standard InChI is InChI=1S/C19H21N3O3S/c1-4-6-11-22-13(3)16(18(24)25-5-2)26-19(22)21-17(23)15-9-7-14(12-20)8-10-15/h7-10H,4-6,11H2,1-3H3. The average Bonchev–Trinajstić information content (AvgIpc) is 2.95. The summed E-state index contributed by atoms with van der Waals surface area (Å²) in [4.78, 5) is 29.8. The fourth-order valence-corrected chi connectivity index (χ4v) is 3.42. The van der Waals surface area contributed by atoms with Gasteiger partial charge in [-0.15, -0.1) is 0 Å². The summed E-state index contributed by atoms with van der Waals surface area (Å²) in [6.45, 7) is 6.64. The number of ether oxygens (including phenoxy) is 1. The Morgan fingerprint density at radius 3 is 2.54 bits per heavy atom. The molecular weight excluding hydrogens is 350 g/mol. The van der Waals surface area contributed by atoms with Gasteiger partial charge in [0.2, 0.25) is 0 Å². The number of nitrogens with zero attached hydrogens (tertiary/aromatic N) is 3. The van der Waals surface area contributed by atoms with E-state index in [0.717, 1.165) is 29.9 Å². The van der Waals surface area contributed by atoms with Crippen molar-refractivity contribution in [2.45, 2.75) is 40.2 Å². The van der Waals surface area contributed by atoms with Gasteiger partial charge in [-0.1, -0.05) is 24.7 Å². The summed E-state index contributed by atoms with van der Waals surface area (Å²) >= 11 is 1.16. The van der Waals surface area contributed by atoms with Gasteiger partial charge in [-0.25, -0.2) is 4.79 Å². The molecule has 1 amide bonds. The summed E-state index contributed by atoms with van der Waals surface area (Å²) in [5, 5.41) is 8.85. The smallest absolute Gasteiger partial charge is 0.350 e. The molecule has 1 aromatic carbocycles. The number of carbonyl (C=O) groups is 2. The van der Waals surface area contributed by atoms with Gasteiger partial charge in [0.25, 0.3) is 5.91 Å². The van der Waals surface area contributed by atoms with E-state index in [4.69, 9.17) is 10.00 Å². The first kappa shape index (κ1) is 19.6. The van der Waals surface area contributed by atoms with Crippen LogP contribution >= 0.6 is 11.3 Å². The second-order valence-corrected chi connectivity index (χ2v) is 6.61. The zero-order valence-corrected chi connectivity index (χ0v) is 15.9. The van der Waals surface area contributed by atoms with Crippen LogP contribution in [0.3, 0.4) is 0 Å². The Hall–Kier alpha value is -2.72. The van der Waals surface area contributed by atoms with Crippen LogP contribution < -0.4 is 4.80 Å². The van der Waals surface area contributed by atoms with Gasteiger partial charge in [-0.3, -0.25) is 4.79 Å². The van der Waals surface area contributed by atoms with Crippen molar-refractivity contribution in [3.8, 4) is 6.07 Å². The Balaban J connectivity index is 2.45. The van der Waals surface area contributed by atoms with E-state index in [-0.39, 0.29) is 0 Å². The van der Waals surface area contributed by atoms with Crippen LogP contribution in [-0.4, -0.2) is 23.1 Å². The Bertz CT molecular complexity index is 902. The zero-order chi connectivity index (χ0) is 19.1. The molecule has 0 unspecified atom stereocenters. The summed E-state index contributed by atoms with van der Waals surface area (Å²) in [6, 6.07) is 8.33. The first-order valence-electron chi connectivity index (χ1n) is 8.48. The van der Waals surface area contributed by atoms with Crippen LogP contribution in [0, 0.1) is 18.3 Å². The largest absolute Gasteiger partial charge is 0.462 e. The highest BCUT2D eigenvalue weighted by atomic mass is 32.1. The number of hydrogen-bond donors (Lipinski definition) is 0. The fourth-order valence-electron chi connectivity index (χ4n) is 2.37. The normalized spacial score (nSPS) is 11.2.